The fraction of sp³-hybridized carbons (Fsp3) is 0.529. The Hall–Kier alpha value is -1.57. The number of hydrogen-bond donors (Lipinski definition) is 2. The first kappa shape index (κ1) is 16.9. The second-order valence-electron chi connectivity index (χ2n) is 7.40. The first-order chi connectivity index (χ1) is 11.7. The maximum absolute atomic E-state index is 12.8. The number of halogens is 1. The van der Waals surface area contributed by atoms with Crippen molar-refractivity contribution in [3.8, 4) is 0 Å². The van der Waals surface area contributed by atoms with Crippen LogP contribution in [0.3, 0.4) is 0 Å². The minimum absolute atomic E-state index is 0.00356. The second kappa shape index (κ2) is 5.72. The highest BCUT2D eigenvalue weighted by Crippen LogP contribution is 2.36. The maximum atomic E-state index is 12.8. The first-order valence-corrected chi connectivity index (χ1v) is 9.54. The van der Waals surface area contributed by atoms with Gasteiger partial charge in [0.1, 0.15) is 5.69 Å². The standard InChI is InChI=1S/C17H20ClN3O3S/c1-9-7-20(8-15(22)19-10-5-17(2,24)6-10)16(23)12-3-13-11(21(9)12)4-14(18)25-13/h3-4,9-10,24H,5-8H2,1-2H3,(H,19,22)/t9-,10?,17?/m1/s1. The summed E-state index contributed by atoms with van der Waals surface area (Å²) in [5.74, 6) is -0.306. The van der Waals surface area contributed by atoms with Crippen LogP contribution < -0.4 is 5.32 Å². The molecule has 0 radical (unpaired) electrons. The van der Waals surface area contributed by atoms with Gasteiger partial charge in [0.05, 0.1) is 26.7 Å². The van der Waals surface area contributed by atoms with Gasteiger partial charge in [-0.25, -0.2) is 0 Å². The Balaban J connectivity index is 1.48. The van der Waals surface area contributed by atoms with E-state index in [1.165, 1.54) is 11.3 Å². The Morgan fingerprint density at radius 3 is 2.88 bits per heavy atom. The lowest BCUT2D eigenvalue weighted by molar-refractivity contribution is -0.125. The predicted octanol–water partition coefficient (Wildman–Crippen LogP) is 2.40. The minimum Gasteiger partial charge on any atom is -0.390 e. The molecule has 8 heteroatoms. The van der Waals surface area contributed by atoms with Crippen molar-refractivity contribution < 1.29 is 14.7 Å². The highest BCUT2D eigenvalue weighted by molar-refractivity contribution is 7.22. The van der Waals surface area contributed by atoms with Crippen LogP contribution in [-0.4, -0.2) is 51.1 Å². The molecular weight excluding hydrogens is 362 g/mol. The summed E-state index contributed by atoms with van der Waals surface area (Å²) in [6.45, 7) is 4.33. The lowest BCUT2D eigenvalue weighted by Gasteiger charge is -2.41. The molecule has 6 nitrogen and oxygen atoms in total. The van der Waals surface area contributed by atoms with Crippen LogP contribution in [0.2, 0.25) is 4.34 Å². The number of nitrogens with zero attached hydrogens (tertiary/aromatic N) is 2. The highest BCUT2D eigenvalue weighted by Gasteiger charge is 2.39. The zero-order valence-corrected chi connectivity index (χ0v) is 15.7. The maximum Gasteiger partial charge on any atom is 0.271 e. The van der Waals surface area contributed by atoms with Crippen molar-refractivity contribution >= 4 is 45.0 Å². The SMILES string of the molecule is C[C@@H]1CN(CC(=O)NC2CC(C)(O)C2)C(=O)c2cc3sc(Cl)cc3n21. The van der Waals surface area contributed by atoms with Crippen molar-refractivity contribution in [1.29, 1.82) is 0 Å². The van der Waals surface area contributed by atoms with Crippen LogP contribution >= 0.6 is 22.9 Å². The highest BCUT2D eigenvalue weighted by atomic mass is 35.5. The zero-order chi connectivity index (χ0) is 17.9. The quantitative estimate of drug-likeness (QED) is 0.857. The van der Waals surface area contributed by atoms with E-state index in [0.717, 1.165) is 10.2 Å². The average molecular weight is 382 g/mol. The lowest BCUT2D eigenvalue weighted by atomic mass is 9.77. The molecule has 3 heterocycles. The normalized spacial score (nSPS) is 28.8. The first-order valence-electron chi connectivity index (χ1n) is 8.35. The number of carbonyl (C=O) groups is 2. The molecule has 2 aliphatic rings. The second-order valence-corrected chi connectivity index (χ2v) is 9.12. The molecule has 1 aliphatic heterocycles. The topological polar surface area (TPSA) is 74.6 Å². The molecular formula is C17H20ClN3O3S. The van der Waals surface area contributed by atoms with Gasteiger partial charge >= 0.3 is 0 Å². The Bertz CT molecular complexity index is 864. The summed E-state index contributed by atoms with van der Waals surface area (Å²) >= 11 is 7.53. The van der Waals surface area contributed by atoms with E-state index >= 15 is 0 Å². The van der Waals surface area contributed by atoms with Crippen LogP contribution in [0.1, 0.15) is 43.2 Å². The third-order valence-electron chi connectivity index (χ3n) is 5.00. The number of amides is 2. The summed E-state index contributed by atoms with van der Waals surface area (Å²) in [4.78, 5) is 26.6. The zero-order valence-electron chi connectivity index (χ0n) is 14.1. The molecule has 2 amide bonds. The van der Waals surface area contributed by atoms with E-state index in [9.17, 15) is 14.7 Å². The molecule has 1 atom stereocenters. The molecule has 1 aliphatic carbocycles. The lowest BCUT2D eigenvalue weighted by Crippen LogP contribution is -2.55. The van der Waals surface area contributed by atoms with E-state index < -0.39 is 5.60 Å². The predicted molar refractivity (Wildman–Crippen MR) is 97.2 cm³/mol. The van der Waals surface area contributed by atoms with Crippen LogP contribution in [0.4, 0.5) is 0 Å². The number of nitrogens with one attached hydrogen (secondary N) is 1. The summed E-state index contributed by atoms with van der Waals surface area (Å²) in [7, 11) is 0. The van der Waals surface area contributed by atoms with Gasteiger partial charge in [-0.1, -0.05) is 11.6 Å². The molecule has 1 saturated carbocycles. The van der Waals surface area contributed by atoms with Crippen molar-refractivity contribution in [1.82, 2.24) is 14.8 Å². The molecule has 2 aromatic rings. The van der Waals surface area contributed by atoms with Crippen molar-refractivity contribution in [3.63, 3.8) is 0 Å². The summed E-state index contributed by atoms with van der Waals surface area (Å²) in [5.41, 5.74) is 0.907. The summed E-state index contributed by atoms with van der Waals surface area (Å²) < 4.78 is 3.71. The van der Waals surface area contributed by atoms with Crippen LogP contribution in [0.5, 0.6) is 0 Å². The molecule has 2 aromatic heterocycles. The van der Waals surface area contributed by atoms with E-state index in [0.29, 0.717) is 29.4 Å². The molecule has 0 aromatic carbocycles. The van der Waals surface area contributed by atoms with Crippen LogP contribution in [-0.2, 0) is 4.79 Å². The average Bonchev–Trinajstić information content (AvgIpc) is 2.98. The van der Waals surface area contributed by atoms with E-state index in [2.05, 4.69) is 5.32 Å². The fourth-order valence-electron chi connectivity index (χ4n) is 3.95. The fourth-order valence-corrected chi connectivity index (χ4v) is 5.12. The number of thiophene rings is 1. The van der Waals surface area contributed by atoms with Crippen LogP contribution in [0.25, 0.3) is 10.2 Å². The molecule has 1 fully saturated rings. The third kappa shape index (κ3) is 2.94. The molecule has 0 saturated heterocycles. The van der Waals surface area contributed by atoms with Crippen LogP contribution in [0, 0.1) is 0 Å². The van der Waals surface area contributed by atoms with Gasteiger partial charge in [0, 0.05) is 18.6 Å². The monoisotopic (exact) mass is 381 g/mol. The number of aromatic nitrogens is 1. The Kier molecular flexibility index (Phi) is 3.86. The van der Waals surface area contributed by atoms with E-state index in [1.807, 2.05) is 23.6 Å². The number of fused-ring (bicyclic) bond motifs is 3. The molecule has 0 bridgehead atoms. The Morgan fingerprint density at radius 2 is 2.20 bits per heavy atom. The molecule has 4 rings (SSSR count). The van der Waals surface area contributed by atoms with Crippen molar-refractivity contribution in [2.45, 2.75) is 44.4 Å². The number of aliphatic hydroxyl groups is 1. The smallest absolute Gasteiger partial charge is 0.271 e. The summed E-state index contributed by atoms with van der Waals surface area (Å²) in [5, 5.41) is 12.6. The molecule has 0 spiro atoms. The number of rotatable bonds is 3. The van der Waals surface area contributed by atoms with Crippen molar-refractivity contribution in [2.75, 3.05) is 13.1 Å². The molecule has 0 unspecified atom stereocenters. The Labute approximate surface area is 154 Å². The van der Waals surface area contributed by atoms with E-state index in [4.69, 9.17) is 11.6 Å². The van der Waals surface area contributed by atoms with E-state index in [1.54, 1.807) is 11.8 Å². The summed E-state index contributed by atoms with van der Waals surface area (Å²) in [6.07, 6.45) is 1.12. The van der Waals surface area contributed by atoms with Crippen molar-refractivity contribution in [2.24, 2.45) is 0 Å². The minimum atomic E-state index is -0.679. The number of hydrogen-bond acceptors (Lipinski definition) is 4. The van der Waals surface area contributed by atoms with Crippen LogP contribution in [0.15, 0.2) is 12.1 Å². The van der Waals surface area contributed by atoms with Gasteiger partial charge in [-0.2, -0.15) is 0 Å². The third-order valence-corrected chi connectivity index (χ3v) is 6.20. The van der Waals surface area contributed by atoms with Gasteiger partial charge in [0.2, 0.25) is 5.91 Å². The van der Waals surface area contributed by atoms with Gasteiger partial charge in [0.15, 0.2) is 0 Å². The molecule has 134 valence electrons. The van der Waals surface area contributed by atoms with Crippen molar-refractivity contribution in [3.05, 3.63) is 22.2 Å². The van der Waals surface area contributed by atoms with E-state index in [-0.39, 0.29) is 30.4 Å². The molecule has 25 heavy (non-hydrogen) atoms. The van der Waals surface area contributed by atoms with Gasteiger partial charge in [-0.05, 0) is 38.8 Å². The van der Waals surface area contributed by atoms with Gasteiger partial charge < -0.3 is 19.9 Å². The van der Waals surface area contributed by atoms with Gasteiger partial charge in [0.25, 0.3) is 5.91 Å². The Morgan fingerprint density at radius 1 is 1.48 bits per heavy atom. The van der Waals surface area contributed by atoms with Gasteiger partial charge in [-0.15, -0.1) is 11.3 Å². The largest absolute Gasteiger partial charge is 0.390 e. The number of carbonyl (C=O) groups excluding carboxylic acids is 2. The molecule has 2 N–H and O–H groups in total. The summed E-state index contributed by atoms with van der Waals surface area (Å²) in [6, 6.07) is 3.82. The van der Waals surface area contributed by atoms with Gasteiger partial charge in [-0.3, -0.25) is 9.59 Å².